The number of carboxylic acid groups (broad SMARTS) is 1. The van der Waals surface area contributed by atoms with Gasteiger partial charge >= 0.3 is 5.97 Å². The number of nitrogens with zero attached hydrogens (tertiary/aromatic N) is 1. The number of unbranched alkanes of at least 4 members (excludes halogenated alkanes) is 4. The smallest absolute Gasteiger partial charge is 0.303 e. The van der Waals surface area contributed by atoms with E-state index in [-0.39, 0.29) is 24.7 Å². The molecule has 0 aliphatic carbocycles. The van der Waals surface area contributed by atoms with Crippen molar-refractivity contribution in [3.8, 4) is 0 Å². The summed E-state index contributed by atoms with van der Waals surface area (Å²) in [5, 5.41) is 10.00. The maximum atomic E-state index is 12.8. The molecule has 0 radical (unpaired) electrons. The van der Waals surface area contributed by atoms with Crippen molar-refractivity contribution in [3.05, 3.63) is 36.0 Å². The Balaban J connectivity index is 2.16. The fourth-order valence-corrected chi connectivity index (χ4v) is 3.36. The van der Waals surface area contributed by atoms with Crippen molar-refractivity contribution in [3.63, 3.8) is 0 Å². The molecular weight excluding hydrogens is 314 g/mol. The molecular formula is C21H29NO3. The predicted octanol–water partition coefficient (Wildman–Crippen LogP) is 5.30. The van der Waals surface area contributed by atoms with Crippen LogP contribution in [0.4, 0.5) is 0 Å². The lowest BCUT2D eigenvalue weighted by Gasteiger charge is -2.12. The van der Waals surface area contributed by atoms with Crippen LogP contribution in [0, 0.1) is 5.92 Å². The van der Waals surface area contributed by atoms with Crippen LogP contribution in [0.2, 0.25) is 0 Å². The second-order valence-corrected chi connectivity index (χ2v) is 7.00. The number of benzene rings is 1. The van der Waals surface area contributed by atoms with Crippen molar-refractivity contribution in [2.24, 2.45) is 5.92 Å². The third-order valence-electron chi connectivity index (χ3n) is 4.62. The van der Waals surface area contributed by atoms with E-state index in [4.69, 9.17) is 5.11 Å². The Hall–Kier alpha value is -2.10. The fourth-order valence-electron chi connectivity index (χ4n) is 3.36. The quantitative estimate of drug-likeness (QED) is 0.596. The maximum absolute atomic E-state index is 12.8. The second-order valence-electron chi connectivity index (χ2n) is 7.00. The lowest BCUT2D eigenvalue weighted by Crippen LogP contribution is -2.18. The minimum atomic E-state index is -0.853. The Labute approximate surface area is 149 Å². The molecule has 0 amide bonds. The Kier molecular flexibility index (Phi) is 7.23. The van der Waals surface area contributed by atoms with Crippen LogP contribution < -0.4 is 0 Å². The van der Waals surface area contributed by atoms with Crippen molar-refractivity contribution >= 4 is 22.8 Å². The van der Waals surface area contributed by atoms with Crippen LogP contribution in [-0.4, -0.2) is 21.6 Å². The third-order valence-corrected chi connectivity index (χ3v) is 4.62. The SMILES string of the molecule is CCCCCCCc1cc2ccccc2n1C(=O)CC(C)CC(=O)O. The molecule has 0 aliphatic rings. The minimum absolute atomic E-state index is 0.00138. The average molecular weight is 343 g/mol. The first-order valence-electron chi connectivity index (χ1n) is 9.37. The number of carboxylic acids is 1. The second kappa shape index (κ2) is 9.40. The van der Waals surface area contributed by atoms with Gasteiger partial charge in [-0.15, -0.1) is 0 Å². The van der Waals surface area contributed by atoms with Gasteiger partial charge < -0.3 is 5.11 Å². The van der Waals surface area contributed by atoms with E-state index in [0.29, 0.717) is 0 Å². The lowest BCUT2D eigenvalue weighted by atomic mass is 10.0. The molecule has 0 fully saturated rings. The summed E-state index contributed by atoms with van der Waals surface area (Å²) in [6.07, 6.45) is 7.14. The standard InChI is InChI=1S/C21H29NO3/c1-3-4-5-6-7-11-18-15-17-10-8-9-12-19(17)22(18)20(23)13-16(2)14-21(24)25/h8-10,12,15-16H,3-7,11,13-14H2,1-2H3,(H,24,25). The van der Waals surface area contributed by atoms with E-state index in [1.807, 2.05) is 35.8 Å². The highest BCUT2D eigenvalue weighted by Crippen LogP contribution is 2.23. The van der Waals surface area contributed by atoms with Gasteiger partial charge in [-0.2, -0.15) is 0 Å². The zero-order valence-corrected chi connectivity index (χ0v) is 15.3. The Morgan fingerprint density at radius 2 is 1.80 bits per heavy atom. The van der Waals surface area contributed by atoms with Crippen molar-refractivity contribution in [2.45, 2.75) is 65.2 Å². The van der Waals surface area contributed by atoms with E-state index < -0.39 is 5.97 Å². The predicted molar refractivity (Wildman–Crippen MR) is 101 cm³/mol. The van der Waals surface area contributed by atoms with Crippen molar-refractivity contribution in [1.29, 1.82) is 0 Å². The Bertz CT molecular complexity index is 717. The van der Waals surface area contributed by atoms with Gasteiger partial charge in [-0.3, -0.25) is 14.2 Å². The highest BCUT2D eigenvalue weighted by molar-refractivity contribution is 5.94. The number of carbonyl (C=O) groups is 2. The van der Waals surface area contributed by atoms with E-state index >= 15 is 0 Å². The van der Waals surface area contributed by atoms with Crippen LogP contribution in [-0.2, 0) is 11.2 Å². The molecule has 1 heterocycles. The monoisotopic (exact) mass is 343 g/mol. The van der Waals surface area contributed by atoms with Crippen LogP contribution in [0.15, 0.2) is 30.3 Å². The molecule has 0 bridgehead atoms. The summed E-state index contributed by atoms with van der Waals surface area (Å²) < 4.78 is 1.81. The molecule has 0 saturated heterocycles. The van der Waals surface area contributed by atoms with E-state index in [1.54, 1.807) is 0 Å². The van der Waals surface area contributed by atoms with Gasteiger partial charge in [0.25, 0.3) is 0 Å². The van der Waals surface area contributed by atoms with E-state index in [9.17, 15) is 9.59 Å². The van der Waals surface area contributed by atoms with Crippen LogP contribution >= 0.6 is 0 Å². The topological polar surface area (TPSA) is 59.3 Å². The van der Waals surface area contributed by atoms with Gasteiger partial charge in [-0.1, -0.05) is 57.7 Å². The van der Waals surface area contributed by atoms with Crippen molar-refractivity contribution < 1.29 is 14.7 Å². The number of carbonyl (C=O) groups excluding carboxylic acids is 1. The van der Waals surface area contributed by atoms with Gasteiger partial charge in [-0.25, -0.2) is 0 Å². The number of aromatic nitrogens is 1. The van der Waals surface area contributed by atoms with E-state index in [1.165, 1.54) is 25.7 Å². The number of fused-ring (bicyclic) bond motifs is 1. The van der Waals surface area contributed by atoms with Crippen LogP contribution in [0.5, 0.6) is 0 Å². The lowest BCUT2D eigenvalue weighted by molar-refractivity contribution is -0.137. The first kappa shape index (κ1) is 19.2. The van der Waals surface area contributed by atoms with E-state index in [2.05, 4.69) is 13.0 Å². The summed E-state index contributed by atoms with van der Waals surface area (Å²) in [4.78, 5) is 23.7. The zero-order valence-electron chi connectivity index (χ0n) is 15.3. The summed E-state index contributed by atoms with van der Waals surface area (Å²) in [7, 11) is 0. The molecule has 1 N–H and O–H groups in total. The van der Waals surface area contributed by atoms with Gasteiger partial charge in [0.2, 0.25) is 5.91 Å². The summed E-state index contributed by atoms with van der Waals surface area (Å²) in [6, 6.07) is 10.0. The van der Waals surface area contributed by atoms with Crippen LogP contribution in [0.1, 0.15) is 69.3 Å². The molecule has 0 spiro atoms. The molecule has 1 aromatic heterocycles. The summed E-state index contributed by atoms with van der Waals surface area (Å²) in [6.45, 7) is 4.02. The van der Waals surface area contributed by atoms with Gasteiger partial charge in [0, 0.05) is 23.9 Å². The molecule has 1 atom stereocenters. The summed E-state index contributed by atoms with van der Waals surface area (Å²) >= 11 is 0. The molecule has 1 unspecified atom stereocenters. The van der Waals surface area contributed by atoms with Crippen LogP contribution in [0.3, 0.4) is 0 Å². The highest BCUT2D eigenvalue weighted by Gasteiger charge is 2.18. The molecule has 136 valence electrons. The number of aliphatic carboxylic acids is 1. The van der Waals surface area contributed by atoms with Gasteiger partial charge in [0.15, 0.2) is 0 Å². The zero-order chi connectivity index (χ0) is 18.2. The van der Waals surface area contributed by atoms with Crippen molar-refractivity contribution in [1.82, 2.24) is 4.57 Å². The minimum Gasteiger partial charge on any atom is -0.481 e. The number of hydrogen-bond acceptors (Lipinski definition) is 2. The Morgan fingerprint density at radius 3 is 2.52 bits per heavy atom. The number of hydrogen-bond donors (Lipinski definition) is 1. The molecule has 4 heteroatoms. The molecule has 25 heavy (non-hydrogen) atoms. The Morgan fingerprint density at radius 1 is 1.08 bits per heavy atom. The van der Waals surface area contributed by atoms with Gasteiger partial charge in [0.05, 0.1) is 5.52 Å². The van der Waals surface area contributed by atoms with Crippen molar-refractivity contribution in [2.75, 3.05) is 0 Å². The molecule has 2 aromatic rings. The normalized spacial score (nSPS) is 12.4. The molecule has 1 aromatic carbocycles. The molecule has 4 nitrogen and oxygen atoms in total. The maximum Gasteiger partial charge on any atom is 0.303 e. The third kappa shape index (κ3) is 5.45. The number of rotatable bonds is 10. The first-order chi connectivity index (χ1) is 12.0. The summed E-state index contributed by atoms with van der Waals surface area (Å²) in [5.74, 6) is -1.02. The van der Waals surface area contributed by atoms with E-state index in [0.717, 1.165) is 29.4 Å². The number of para-hydroxylation sites is 1. The largest absolute Gasteiger partial charge is 0.481 e. The van der Waals surface area contributed by atoms with Gasteiger partial charge in [0.1, 0.15) is 0 Å². The average Bonchev–Trinajstić information content (AvgIpc) is 2.92. The number of aryl methyl sites for hydroxylation is 1. The first-order valence-corrected chi connectivity index (χ1v) is 9.37. The highest BCUT2D eigenvalue weighted by atomic mass is 16.4. The molecule has 0 aliphatic heterocycles. The molecule has 2 rings (SSSR count). The molecule has 0 saturated carbocycles. The summed E-state index contributed by atoms with van der Waals surface area (Å²) in [5.41, 5.74) is 1.98. The van der Waals surface area contributed by atoms with Crippen LogP contribution in [0.25, 0.3) is 10.9 Å². The van der Waals surface area contributed by atoms with Gasteiger partial charge in [-0.05, 0) is 30.9 Å². The fraction of sp³-hybridized carbons (Fsp3) is 0.524.